The second-order valence-corrected chi connectivity index (χ2v) is 8.65. The number of hydrogen-bond donors (Lipinski definition) is 1. The number of carbonyl (C=O) groups is 2. The summed E-state index contributed by atoms with van der Waals surface area (Å²) in [7, 11) is 0. The standard InChI is InChI=1S/C19H19N5O3S2/c1-11-17(29-12(2)20-11)18-22-23-19(27-18)28-10-15(25)21-13-6-3-4-7-14(13)24-9-5-8-16(24)26/h3-4,6-7H,5,8-10H2,1-2H3,(H,21,25). The van der Waals surface area contributed by atoms with Crippen LogP contribution in [0.3, 0.4) is 0 Å². The number of carbonyl (C=O) groups excluding carboxylic acids is 2. The number of thioether (sulfide) groups is 1. The van der Waals surface area contributed by atoms with E-state index in [0.29, 0.717) is 29.8 Å². The van der Waals surface area contributed by atoms with E-state index in [2.05, 4.69) is 20.5 Å². The maximum absolute atomic E-state index is 12.4. The number of amides is 2. The minimum atomic E-state index is -0.210. The molecule has 0 bridgehead atoms. The van der Waals surface area contributed by atoms with Crippen molar-refractivity contribution in [3.05, 3.63) is 35.0 Å². The normalized spacial score (nSPS) is 13.9. The van der Waals surface area contributed by atoms with Crippen molar-refractivity contribution in [3.63, 3.8) is 0 Å². The predicted octanol–water partition coefficient (Wildman–Crippen LogP) is 3.67. The van der Waals surface area contributed by atoms with Crippen LogP contribution in [0.1, 0.15) is 23.5 Å². The summed E-state index contributed by atoms with van der Waals surface area (Å²) >= 11 is 2.66. The Kier molecular flexibility index (Phi) is 5.63. The SMILES string of the molecule is Cc1nc(C)c(-c2nnc(SCC(=O)Nc3ccccc3N3CCCC3=O)o2)s1. The minimum Gasteiger partial charge on any atom is -0.410 e. The number of para-hydroxylation sites is 2. The van der Waals surface area contributed by atoms with Crippen molar-refractivity contribution in [3.8, 4) is 10.8 Å². The Bertz CT molecular complexity index is 1060. The van der Waals surface area contributed by atoms with Crippen LogP contribution in [0.25, 0.3) is 10.8 Å². The fraction of sp³-hybridized carbons (Fsp3) is 0.316. The Morgan fingerprint density at radius 1 is 1.31 bits per heavy atom. The van der Waals surface area contributed by atoms with Gasteiger partial charge in [-0.2, -0.15) is 0 Å². The van der Waals surface area contributed by atoms with Crippen molar-refractivity contribution in [2.75, 3.05) is 22.5 Å². The third-order valence-electron chi connectivity index (χ3n) is 4.37. The number of nitrogens with one attached hydrogen (secondary N) is 1. The second-order valence-electron chi connectivity index (χ2n) is 6.52. The highest BCUT2D eigenvalue weighted by molar-refractivity contribution is 7.99. The molecule has 0 spiro atoms. The quantitative estimate of drug-likeness (QED) is 0.597. The maximum Gasteiger partial charge on any atom is 0.277 e. The van der Waals surface area contributed by atoms with E-state index in [1.807, 2.05) is 32.0 Å². The molecule has 8 nitrogen and oxygen atoms in total. The lowest BCUT2D eigenvalue weighted by molar-refractivity contribution is -0.117. The van der Waals surface area contributed by atoms with Gasteiger partial charge >= 0.3 is 0 Å². The molecule has 0 atom stereocenters. The maximum atomic E-state index is 12.4. The van der Waals surface area contributed by atoms with Crippen molar-refractivity contribution in [2.24, 2.45) is 0 Å². The second kappa shape index (κ2) is 8.34. The van der Waals surface area contributed by atoms with E-state index >= 15 is 0 Å². The van der Waals surface area contributed by atoms with Crippen LogP contribution >= 0.6 is 23.1 Å². The summed E-state index contributed by atoms with van der Waals surface area (Å²) in [6.45, 7) is 4.48. The van der Waals surface area contributed by atoms with Crippen molar-refractivity contribution in [1.29, 1.82) is 0 Å². The first-order valence-electron chi connectivity index (χ1n) is 9.11. The van der Waals surface area contributed by atoms with Gasteiger partial charge in [-0.25, -0.2) is 4.98 Å². The molecule has 29 heavy (non-hydrogen) atoms. The highest BCUT2D eigenvalue weighted by atomic mass is 32.2. The van der Waals surface area contributed by atoms with E-state index < -0.39 is 0 Å². The Labute approximate surface area is 175 Å². The van der Waals surface area contributed by atoms with Gasteiger partial charge in [0.25, 0.3) is 11.1 Å². The third kappa shape index (κ3) is 4.33. The van der Waals surface area contributed by atoms with Crippen LogP contribution in [0, 0.1) is 13.8 Å². The van der Waals surface area contributed by atoms with Crippen LogP contribution in [0.5, 0.6) is 0 Å². The van der Waals surface area contributed by atoms with E-state index in [1.54, 1.807) is 11.0 Å². The van der Waals surface area contributed by atoms with Gasteiger partial charge in [0.1, 0.15) is 4.88 Å². The molecule has 0 aliphatic carbocycles. The van der Waals surface area contributed by atoms with Gasteiger partial charge in [-0.05, 0) is 32.4 Å². The van der Waals surface area contributed by atoms with E-state index in [1.165, 1.54) is 23.1 Å². The molecule has 0 radical (unpaired) electrons. The van der Waals surface area contributed by atoms with Crippen molar-refractivity contribution >= 4 is 46.3 Å². The highest BCUT2D eigenvalue weighted by Crippen LogP contribution is 2.31. The fourth-order valence-corrected chi connectivity index (χ4v) is 4.53. The molecule has 2 aromatic heterocycles. The summed E-state index contributed by atoms with van der Waals surface area (Å²) in [4.78, 5) is 31.4. The zero-order chi connectivity index (χ0) is 20.4. The molecule has 3 heterocycles. The van der Waals surface area contributed by atoms with Gasteiger partial charge in [-0.15, -0.1) is 21.5 Å². The van der Waals surface area contributed by atoms with Crippen LogP contribution in [-0.4, -0.2) is 39.3 Å². The number of anilines is 2. The third-order valence-corrected chi connectivity index (χ3v) is 6.25. The first-order valence-corrected chi connectivity index (χ1v) is 10.9. The molecule has 1 aliphatic heterocycles. The molecule has 10 heteroatoms. The van der Waals surface area contributed by atoms with Gasteiger partial charge in [0, 0.05) is 13.0 Å². The van der Waals surface area contributed by atoms with Gasteiger partial charge in [-0.1, -0.05) is 23.9 Å². The molecule has 1 saturated heterocycles. The molecule has 150 valence electrons. The van der Waals surface area contributed by atoms with Crippen LogP contribution in [0.4, 0.5) is 11.4 Å². The van der Waals surface area contributed by atoms with Crippen molar-refractivity contribution in [1.82, 2.24) is 15.2 Å². The molecule has 1 aromatic carbocycles. The molecule has 0 saturated carbocycles. The number of benzene rings is 1. The fourth-order valence-electron chi connectivity index (χ4n) is 3.12. The van der Waals surface area contributed by atoms with Crippen LogP contribution in [-0.2, 0) is 9.59 Å². The summed E-state index contributed by atoms with van der Waals surface area (Å²) < 4.78 is 5.66. The van der Waals surface area contributed by atoms with E-state index in [-0.39, 0.29) is 17.6 Å². The number of aryl methyl sites for hydroxylation is 2. The topological polar surface area (TPSA) is 101 Å². The average molecular weight is 430 g/mol. The summed E-state index contributed by atoms with van der Waals surface area (Å²) in [6, 6.07) is 7.32. The minimum absolute atomic E-state index is 0.0769. The molecular weight excluding hydrogens is 410 g/mol. The smallest absolute Gasteiger partial charge is 0.277 e. The van der Waals surface area contributed by atoms with Crippen molar-refractivity contribution in [2.45, 2.75) is 31.9 Å². The van der Waals surface area contributed by atoms with Gasteiger partial charge in [-0.3, -0.25) is 9.59 Å². The van der Waals surface area contributed by atoms with Crippen LogP contribution in [0.2, 0.25) is 0 Å². The summed E-state index contributed by atoms with van der Waals surface area (Å²) in [5.74, 6) is 0.394. The molecule has 0 unspecified atom stereocenters. The Hall–Kier alpha value is -2.72. The molecule has 1 fully saturated rings. The highest BCUT2D eigenvalue weighted by Gasteiger charge is 2.24. The van der Waals surface area contributed by atoms with Gasteiger partial charge in [0.15, 0.2) is 0 Å². The Morgan fingerprint density at radius 2 is 2.14 bits per heavy atom. The summed E-state index contributed by atoms with van der Waals surface area (Å²) in [5.41, 5.74) is 2.19. The number of hydrogen-bond acceptors (Lipinski definition) is 8. The van der Waals surface area contributed by atoms with E-state index in [4.69, 9.17) is 4.42 Å². The van der Waals surface area contributed by atoms with Gasteiger partial charge in [0.2, 0.25) is 11.8 Å². The van der Waals surface area contributed by atoms with Gasteiger partial charge < -0.3 is 14.6 Å². The molecule has 1 N–H and O–H groups in total. The zero-order valence-electron chi connectivity index (χ0n) is 16.0. The lowest BCUT2D eigenvalue weighted by Gasteiger charge is -2.19. The van der Waals surface area contributed by atoms with Crippen LogP contribution in [0.15, 0.2) is 33.9 Å². The lowest BCUT2D eigenvalue weighted by Crippen LogP contribution is -2.25. The average Bonchev–Trinajstić information content (AvgIpc) is 3.41. The number of nitrogens with zero attached hydrogens (tertiary/aromatic N) is 4. The molecule has 2 amide bonds. The number of rotatable bonds is 6. The monoisotopic (exact) mass is 429 g/mol. The predicted molar refractivity (Wildman–Crippen MR) is 112 cm³/mol. The summed E-state index contributed by atoms with van der Waals surface area (Å²) in [6.07, 6.45) is 1.37. The lowest BCUT2D eigenvalue weighted by atomic mass is 10.2. The summed E-state index contributed by atoms with van der Waals surface area (Å²) in [5, 5.41) is 12.2. The van der Waals surface area contributed by atoms with Gasteiger partial charge in [0.05, 0.1) is 27.8 Å². The first kappa shape index (κ1) is 19.6. The molecule has 1 aliphatic rings. The Balaban J connectivity index is 1.39. The molecule has 3 aromatic rings. The zero-order valence-corrected chi connectivity index (χ0v) is 17.6. The molecular formula is C19H19N5O3S2. The molecule has 4 rings (SSSR count). The van der Waals surface area contributed by atoms with E-state index in [9.17, 15) is 9.59 Å². The Morgan fingerprint density at radius 3 is 2.86 bits per heavy atom. The van der Waals surface area contributed by atoms with E-state index in [0.717, 1.165) is 27.7 Å². The number of aromatic nitrogens is 3. The number of thiazole rings is 1. The largest absolute Gasteiger partial charge is 0.410 e. The first-order chi connectivity index (χ1) is 14.0. The van der Waals surface area contributed by atoms with Crippen LogP contribution < -0.4 is 10.2 Å². The van der Waals surface area contributed by atoms with Crippen molar-refractivity contribution < 1.29 is 14.0 Å².